The third-order valence-electron chi connectivity index (χ3n) is 8.08. The van der Waals surface area contributed by atoms with Crippen LogP contribution in [-0.4, -0.2) is 70.4 Å². The smallest absolute Gasteiger partial charge is 0.315 e. The van der Waals surface area contributed by atoms with Gasteiger partial charge >= 0.3 is 6.03 Å². The second-order valence-corrected chi connectivity index (χ2v) is 12.4. The molecule has 3 rings (SSSR count). The van der Waals surface area contributed by atoms with Crippen molar-refractivity contribution in [2.45, 2.75) is 97.3 Å². The number of hydrogen-bond donors (Lipinski definition) is 4. The number of nitrogens with one attached hydrogen (secondary N) is 3. The van der Waals surface area contributed by atoms with Gasteiger partial charge in [0, 0.05) is 18.5 Å². The van der Waals surface area contributed by atoms with Crippen molar-refractivity contribution in [1.82, 2.24) is 20.9 Å². The van der Waals surface area contributed by atoms with E-state index in [-0.39, 0.29) is 41.8 Å². The summed E-state index contributed by atoms with van der Waals surface area (Å²) in [5.74, 6) is -3.21. The van der Waals surface area contributed by atoms with E-state index in [9.17, 15) is 28.8 Å². The Hall–Kier alpha value is -2.98. The molecule has 0 aromatic rings. The highest BCUT2D eigenvalue weighted by molar-refractivity contribution is 6.38. The lowest BCUT2D eigenvalue weighted by molar-refractivity contribution is -0.144. The topological polar surface area (TPSA) is 168 Å². The van der Waals surface area contributed by atoms with Crippen molar-refractivity contribution in [3.63, 3.8) is 0 Å². The Kier molecular flexibility index (Phi) is 8.05. The summed E-state index contributed by atoms with van der Waals surface area (Å²) in [6.07, 6.45) is 2.49. The first-order valence-corrected chi connectivity index (χ1v) is 13.1. The normalized spacial score (nSPS) is 25.7. The Morgan fingerprint density at radius 2 is 1.68 bits per heavy atom. The molecule has 0 aromatic carbocycles. The first kappa shape index (κ1) is 28.6. The Balaban J connectivity index is 1.82. The Labute approximate surface area is 218 Å². The van der Waals surface area contributed by atoms with Crippen LogP contribution < -0.4 is 21.7 Å². The van der Waals surface area contributed by atoms with Crippen molar-refractivity contribution < 1.29 is 28.8 Å². The molecule has 0 bridgehead atoms. The van der Waals surface area contributed by atoms with Gasteiger partial charge in [0.25, 0.3) is 5.91 Å². The highest BCUT2D eigenvalue weighted by Gasteiger charge is 2.69. The van der Waals surface area contributed by atoms with Gasteiger partial charge in [0.05, 0.1) is 0 Å². The molecular formula is C26H41N5O6. The number of primary amides is 1. The molecule has 5 N–H and O–H groups in total. The van der Waals surface area contributed by atoms with Gasteiger partial charge in [-0.1, -0.05) is 20.3 Å². The molecule has 1 heterocycles. The average molecular weight is 520 g/mol. The largest absolute Gasteiger partial charge is 0.363 e. The van der Waals surface area contributed by atoms with Gasteiger partial charge in [0.15, 0.2) is 0 Å². The Bertz CT molecular complexity index is 982. The third kappa shape index (κ3) is 6.30. The number of nitrogens with two attached hydrogens (primary N) is 1. The van der Waals surface area contributed by atoms with Crippen LogP contribution >= 0.6 is 0 Å². The van der Waals surface area contributed by atoms with Crippen LogP contribution in [0.15, 0.2) is 0 Å². The molecule has 0 radical (unpaired) electrons. The number of carbonyl (C=O) groups excluding carboxylic acids is 6. The number of likely N-dealkylation sites (tertiary alicyclic amines) is 1. The maximum Gasteiger partial charge on any atom is 0.315 e. The van der Waals surface area contributed by atoms with E-state index >= 15 is 0 Å². The van der Waals surface area contributed by atoms with E-state index in [1.165, 1.54) is 11.8 Å². The zero-order chi connectivity index (χ0) is 27.9. The number of rotatable bonds is 10. The van der Waals surface area contributed by atoms with E-state index in [0.29, 0.717) is 19.4 Å². The van der Waals surface area contributed by atoms with Gasteiger partial charge in [-0.05, 0) is 70.1 Å². The van der Waals surface area contributed by atoms with E-state index in [2.05, 4.69) is 16.0 Å². The first-order valence-electron chi connectivity index (χ1n) is 13.1. The van der Waals surface area contributed by atoms with E-state index in [0.717, 1.165) is 6.42 Å². The predicted molar refractivity (Wildman–Crippen MR) is 135 cm³/mol. The molecule has 4 unspecified atom stereocenters. The van der Waals surface area contributed by atoms with Crippen molar-refractivity contribution in [2.75, 3.05) is 6.54 Å². The molecule has 0 spiro atoms. The van der Waals surface area contributed by atoms with E-state index in [1.54, 1.807) is 20.8 Å². The summed E-state index contributed by atoms with van der Waals surface area (Å²) in [7, 11) is 0. The van der Waals surface area contributed by atoms with Gasteiger partial charge in [-0.15, -0.1) is 0 Å². The number of Topliss-reactive ketones (excluding diaryl/α,β-unsaturated/α-hetero) is 2. The minimum Gasteiger partial charge on any atom is -0.363 e. The summed E-state index contributed by atoms with van der Waals surface area (Å²) in [5, 5.41) is 8.19. The fraction of sp³-hybridized carbons (Fsp3) is 0.769. The van der Waals surface area contributed by atoms with E-state index in [1.807, 2.05) is 13.8 Å². The number of ketones is 2. The third-order valence-corrected chi connectivity index (χ3v) is 8.08. The van der Waals surface area contributed by atoms with Gasteiger partial charge in [0.2, 0.25) is 17.6 Å². The standard InChI is InChI=1S/C26H41N5O6/c1-13(32)10-11-16(28-24(37)30-25(2,3)4)23(36)31-12-15-17(26(15,5)6)19(31)22(35)29-18(14-8-7-9-14)20(33)21(27)34/h14-19H,7-12H2,1-6H3,(H2,27,34)(H,29,35)(H2,28,30,37)/t15?,16-,17?,18?,19?/m0/s1. The van der Waals surface area contributed by atoms with Crippen LogP contribution in [0.4, 0.5) is 4.79 Å². The number of piperidine rings is 1. The monoisotopic (exact) mass is 519 g/mol. The van der Waals surface area contributed by atoms with Crippen LogP contribution in [0.5, 0.6) is 0 Å². The van der Waals surface area contributed by atoms with Crippen molar-refractivity contribution >= 4 is 35.3 Å². The second kappa shape index (κ2) is 10.4. The number of nitrogens with zero attached hydrogens (tertiary/aromatic N) is 1. The number of hydrogen-bond acceptors (Lipinski definition) is 6. The van der Waals surface area contributed by atoms with Crippen LogP contribution in [0.3, 0.4) is 0 Å². The van der Waals surface area contributed by atoms with Crippen molar-refractivity contribution in [2.24, 2.45) is 28.9 Å². The van der Waals surface area contributed by atoms with Gasteiger partial charge in [-0.25, -0.2) is 4.79 Å². The maximum atomic E-state index is 13.7. The molecule has 3 aliphatic rings. The van der Waals surface area contributed by atoms with Gasteiger partial charge in [0.1, 0.15) is 23.9 Å². The van der Waals surface area contributed by atoms with Crippen LogP contribution in [-0.2, 0) is 24.0 Å². The summed E-state index contributed by atoms with van der Waals surface area (Å²) in [6.45, 7) is 11.2. The minimum atomic E-state index is -1.10. The maximum absolute atomic E-state index is 13.7. The molecule has 5 atom stereocenters. The van der Waals surface area contributed by atoms with E-state index < -0.39 is 53.2 Å². The molecule has 3 fully saturated rings. The lowest BCUT2D eigenvalue weighted by Gasteiger charge is -2.36. The molecule has 206 valence electrons. The first-order chi connectivity index (χ1) is 17.0. The van der Waals surface area contributed by atoms with Crippen molar-refractivity contribution in [3.8, 4) is 0 Å². The van der Waals surface area contributed by atoms with Crippen LogP contribution in [0.25, 0.3) is 0 Å². The molecule has 2 saturated carbocycles. The van der Waals surface area contributed by atoms with E-state index in [4.69, 9.17) is 5.73 Å². The Morgan fingerprint density at radius 3 is 2.16 bits per heavy atom. The number of urea groups is 1. The molecular weight excluding hydrogens is 478 g/mol. The summed E-state index contributed by atoms with van der Waals surface area (Å²) < 4.78 is 0. The lowest BCUT2D eigenvalue weighted by atomic mass is 9.78. The summed E-state index contributed by atoms with van der Waals surface area (Å²) in [4.78, 5) is 77.2. The molecule has 11 nitrogen and oxygen atoms in total. The summed E-state index contributed by atoms with van der Waals surface area (Å²) >= 11 is 0. The van der Waals surface area contributed by atoms with Gasteiger partial charge in [-0.3, -0.25) is 19.2 Å². The lowest BCUT2D eigenvalue weighted by Crippen LogP contribution is -2.60. The van der Waals surface area contributed by atoms with Gasteiger partial charge < -0.3 is 31.4 Å². The van der Waals surface area contributed by atoms with Crippen LogP contribution in [0, 0.1) is 23.2 Å². The molecule has 1 aliphatic heterocycles. The fourth-order valence-corrected chi connectivity index (χ4v) is 5.72. The Morgan fingerprint density at radius 1 is 1.05 bits per heavy atom. The van der Waals surface area contributed by atoms with Crippen LogP contribution in [0.1, 0.15) is 73.6 Å². The molecule has 5 amide bonds. The SMILES string of the molecule is CC(=O)CC[C@H](NC(=O)NC(C)(C)C)C(=O)N1CC2C(C1C(=O)NC(C(=O)C(N)=O)C1CCC1)C2(C)C. The average Bonchev–Trinajstić information content (AvgIpc) is 3.06. The number of fused-ring (bicyclic) bond motifs is 1. The second-order valence-electron chi connectivity index (χ2n) is 12.4. The summed E-state index contributed by atoms with van der Waals surface area (Å²) in [6, 6.07) is -3.42. The molecule has 0 aromatic heterocycles. The summed E-state index contributed by atoms with van der Waals surface area (Å²) in [5.41, 5.74) is 4.53. The zero-order valence-corrected chi connectivity index (χ0v) is 22.7. The quantitative estimate of drug-likeness (QED) is 0.309. The van der Waals surface area contributed by atoms with Crippen LogP contribution in [0.2, 0.25) is 0 Å². The van der Waals surface area contributed by atoms with Crippen molar-refractivity contribution in [1.29, 1.82) is 0 Å². The number of amides is 5. The predicted octanol–water partition coefficient (Wildman–Crippen LogP) is 0.644. The van der Waals surface area contributed by atoms with Crippen molar-refractivity contribution in [3.05, 3.63) is 0 Å². The number of carbonyl (C=O) groups is 6. The minimum absolute atomic E-state index is 0.0815. The molecule has 1 saturated heterocycles. The van der Waals surface area contributed by atoms with Gasteiger partial charge in [-0.2, -0.15) is 0 Å². The highest BCUT2D eigenvalue weighted by atomic mass is 16.2. The zero-order valence-electron chi connectivity index (χ0n) is 22.7. The molecule has 37 heavy (non-hydrogen) atoms. The fourth-order valence-electron chi connectivity index (χ4n) is 5.72. The molecule has 11 heteroatoms. The highest BCUT2D eigenvalue weighted by Crippen LogP contribution is 2.65. The molecule has 2 aliphatic carbocycles.